The maximum absolute atomic E-state index is 12.3. The Hall–Kier alpha value is -3.04. The molecular weight excluding hydrogens is 358 g/mol. The van der Waals surface area contributed by atoms with Gasteiger partial charge in [0, 0.05) is 19.2 Å². The van der Waals surface area contributed by atoms with E-state index >= 15 is 0 Å². The van der Waals surface area contributed by atoms with Crippen molar-refractivity contribution in [3.63, 3.8) is 0 Å². The maximum Gasteiger partial charge on any atom is 0.261 e. The molecule has 2 aromatic carbocycles. The number of imide groups is 1. The molecule has 0 unspecified atom stereocenters. The molecule has 0 aliphatic carbocycles. The van der Waals surface area contributed by atoms with E-state index in [0.29, 0.717) is 5.56 Å². The van der Waals surface area contributed by atoms with Crippen LogP contribution in [-0.2, 0) is 16.6 Å². The molecule has 0 saturated carbocycles. The van der Waals surface area contributed by atoms with Crippen LogP contribution in [0.25, 0.3) is 0 Å². The van der Waals surface area contributed by atoms with Crippen molar-refractivity contribution in [2.24, 2.45) is 5.14 Å². The highest BCUT2D eigenvalue weighted by Gasteiger charge is 2.33. The summed E-state index contributed by atoms with van der Waals surface area (Å²) in [5.74, 6) is -1.26. The molecule has 8 nitrogen and oxygen atoms in total. The number of amides is 3. The summed E-state index contributed by atoms with van der Waals surface area (Å²) in [6.07, 6.45) is 0. The van der Waals surface area contributed by atoms with Crippen LogP contribution in [0.5, 0.6) is 0 Å². The highest BCUT2D eigenvalue weighted by Crippen LogP contribution is 2.22. The highest BCUT2D eigenvalue weighted by molar-refractivity contribution is 7.89. The lowest BCUT2D eigenvalue weighted by molar-refractivity contribution is 0.0693. The van der Waals surface area contributed by atoms with E-state index < -0.39 is 27.7 Å². The van der Waals surface area contributed by atoms with Crippen LogP contribution in [0.1, 0.15) is 36.6 Å². The van der Waals surface area contributed by atoms with Crippen molar-refractivity contribution < 1.29 is 22.8 Å². The number of carbonyl (C=O) groups excluding carboxylic acids is 3. The highest BCUT2D eigenvalue weighted by atomic mass is 32.2. The Kier molecular flexibility index (Phi) is 4.34. The molecule has 3 rings (SSSR count). The maximum atomic E-state index is 12.3. The van der Waals surface area contributed by atoms with Gasteiger partial charge in [-0.1, -0.05) is 12.1 Å². The van der Waals surface area contributed by atoms with E-state index in [-0.39, 0.29) is 28.1 Å². The van der Waals surface area contributed by atoms with E-state index in [1.165, 1.54) is 37.4 Å². The van der Waals surface area contributed by atoms with Crippen molar-refractivity contribution in [1.82, 2.24) is 10.2 Å². The van der Waals surface area contributed by atoms with Gasteiger partial charge in [0.15, 0.2) is 0 Å². The number of hydrogen-bond acceptors (Lipinski definition) is 5. The summed E-state index contributed by atoms with van der Waals surface area (Å²) >= 11 is 0. The first-order chi connectivity index (χ1) is 12.2. The largest absolute Gasteiger partial charge is 0.348 e. The van der Waals surface area contributed by atoms with Crippen LogP contribution in [0, 0.1) is 0 Å². The van der Waals surface area contributed by atoms with Gasteiger partial charge in [-0.25, -0.2) is 13.6 Å². The molecular formula is C17H15N3O5S. The monoisotopic (exact) mass is 373 g/mol. The smallest absolute Gasteiger partial charge is 0.261 e. The number of hydrogen-bond donors (Lipinski definition) is 2. The summed E-state index contributed by atoms with van der Waals surface area (Å²) in [7, 11) is -2.38. The lowest BCUT2D eigenvalue weighted by atomic mass is 10.1. The molecule has 134 valence electrons. The molecule has 0 bridgehead atoms. The number of nitrogens with two attached hydrogens (primary N) is 1. The van der Waals surface area contributed by atoms with Crippen molar-refractivity contribution in [2.45, 2.75) is 11.4 Å². The van der Waals surface area contributed by atoms with E-state index in [2.05, 4.69) is 5.32 Å². The van der Waals surface area contributed by atoms with Gasteiger partial charge < -0.3 is 5.32 Å². The van der Waals surface area contributed by atoms with E-state index in [9.17, 15) is 22.8 Å². The van der Waals surface area contributed by atoms with Gasteiger partial charge >= 0.3 is 0 Å². The standard InChI is InChI=1S/C17H15N3O5S/c1-20-16(22)13-7-4-11(8-14(13)17(20)23)15(21)19-9-10-2-5-12(6-3-10)26(18,24)25/h2-8H,9H2,1H3,(H,19,21)(H2,18,24,25). The predicted molar refractivity (Wildman–Crippen MR) is 91.9 cm³/mol. The lowest BCUT2D eigenvalue weighted by Crippen LogP contribution is -2.24. The zero-order chi connectivity index (χ0) is 19.1. The van der Waals surface area contributed by atoms with Crippen LogP contribution >= 0.6 is 0 Å². The molecule has 0 atom stereocenters. The Balaban J connectivity index is 1.72. The minimum atomic E-state index is -3.76. The summed E-state index contributed by atoms with van der Waals surface area (Å²) in [6.45, 7) is 0.160. The Labute approximate surface area is 149 Å². The fraction of sp³-hybridized carbons (Fsp3) is 0.118. The minimum absolute atomic E-state index is 0.0153. The van der Waals surface area contributed by atoms with Gasteiger partial charge in [-0.15, -0.1) is 0 Å². The summed E-state index contributed by atoms with van der Waals surface area (Å²) < 4.78 is 22.4. The van der Waals surface area contributed by atoms with E-state index in [0.717, 1.165) is 4.90 Å². The summed E-state index contributed by atoms with van der Waals surface area (Å²) in [5, 5.41) is 7.70. The number of fused-ring (bicyclic) bond motifs is 1. The van der Waals surface area contributed by atoms with Gasteiger partial charge in [0.25, 0.3) is 17.7 Å². The molecule has 0 aromatic heterocycles. The molecule has 1 aliphatic rings. The van der Waals surface area contributed by atoms with E-state index in [1.807, 2.05) is 0 Å². The van der Waals surface area contributed by atoms with E-state index in [1.54, 1.807) is 12.1 Å². The molecule has 0 fully saturated rings. The first-order valence-corrected chi connectivity index (χ1v) is 9.09. The molecule has 0 spiro atoms. The quantitative estimate of drug-likeness (QED) is 0.754. The van der Waals surface area contributed by atoms with Gasteiger partial charge in [0.1, 0.15) is 0 Å². The van der Waals surface area contributed by atoms with Gasteiger partial charge in [-0.2, -0.15) is 0 Å². The van der Waals surface area contributed by atoms with Crippen LogP contribution in [0.3, 0.4) is 0 Å². The summed E-state index contributed by atoms with van der Waals surface area (Å²) in [4.78, 5) is 37.1. The second-order valence-electron chi connectivity index (χ2n) is 5.80. The van der Waals surface area contributed by atoms with Gasteiger partial charge in [-0.3, -0.25) is 19.3 Å². The zero-order valence-corrected chi connectivity index (χ0v) is 14.5. The van der Waals surface area contributed by atoms with Crippen LogP contribution in [-0.4, -0.2) is 38.1 Å². The van der Waals surface area contributed by atoms with Crippen LogP contribution in [0.4, 0.5) is 0 Å². The number of nitrogens with one attached hydrogen (secondary N) is 1. The Bertz CT molecular complexity index is 1030. The molecule has 3 N–H and O–H groups in total. The normalized spacial score (nSPS) is 13.7. The number of primary sulfonamides is 1. The average Bonchev–Trinajstić information content (AvgIpc) is 2.83. The van der Waals surface area contributed by atoms with E-state index in [4.69, 9.17) is 5.14 Å². The molecule has 26 heavy (non-hydrogen) atoms. The number of rotatable bonds is 4. The third-order valence-corrected chi connectivity index (χ3v) is 4.99. The summed E-state index contributed by atoms with van der Waals surface area (Å²) in [5.41, 5.74) is 1.40. The molecule has 1 heterocycles. The van der Waals surface area contributed by atoms with Crippen LogP contribution in [0.2, 0.25) is 0 Å². The Morgan fingerprint density at radius 3 is 2.27 bits per heavy atom. The molecule has 0 saturated heterocycles. The molecule has 9 heteroatoms. The van der Waals surface area contributed by atoms with Crippen molar-refractivity contribution in [1.29, 1.82) is 0 Å². The Morgan fingerprint density at radius 1 is 1.04 bits per heavy atom. The first kappa shape index (κ1) is 17.8. The SMILES string of the molecule is CN1C(=O)c2ccc(C(=O)NCc3ccc(S(N)(=O)=O)cc3)cc2C1=O. The number of sulfonamides is 1. The third-order valence-electron chi connectivity index (χ3n) is 4.06. The van der Waals surface area contributed by atoms with Crippen molar-refractivity contribution in [2.75, 3.05) is 7.05 Å². The molecule has 1 aliphatic heterocycles. The first-order valence-electron chi connectivity index (χ1n) is 7.55. The fourth-order valence-corrected chi connectivity index (χ4v) is 3.10. The topological polar surface area (TPSA) is 127 Å². The second-order valence-corrected chi connectivity index (χ2v) is 7.36. The van der Waals surface area contributed by atoms with Crippen LogP contribution < -0.4 is 10.5 Å². The fourth-order valence-electron chi connectivity index (χ4n) is 2.58. The van der Waals surface area contributed by atoms with Crippen molar-refractivity contribution >= 4 is 27.7 Å². The molecule has 3 amide bonds. The van der Waals surface area contributed by atoms with Gasteiger partial charge in [-0.05, 0) is 35.9 Å². The summed E-state index contributed by atoms with van der Waals surface area (Å²) in [6, 6.07) is 10.1. The number of carbonyl (C=O) groups is 3. The average molecular weight is 373 g/mol. The van der Waals surface area contributed by atoms with Gasteiger partial charge in [0.2, 0.25) is 10.0 Å². The van der Waals surface area contributed by atoms with Crippen molar-refractivity contribution in [3.8, 4) is 0 Å². The second kappa shape index (κ2) is 6.36. The van der Waals surface area contributed by atoms with Gasteiger partial charge in [0.05, 0.1) is 16.0 Å². The lowest BCUT2D eigenvalue weighted by Gasteiger charge is -2.07. The number of nitrogens with zero attached hydrogens (tertiary/aromatic N) is 1. The predicted octanol–water partition coefficient (Wildman–Crippen LogP) is 0.490. The molecule has 2 aromatic rings. The van der Waals surface area contributed by atoms with Crippen molar-refractivity contribution in [3.05, 3.63) is 64.7 Å². The number of benzene rings is 2. The molecule has 0 radical (unpaired) electrons. The van der Waals surface area contributed by atoms with Crippen LogP contribution in [0.15, 0.2) is 47.4 Å². The Morgan fingerprint density at radius 2 is 1.65 bits per heavy atom. The third kappa shape index (κ3) is 3.22. The minimum Gasteiger partial charge on any atom is -0.348 e. The zero-order valence-electron chi connectivity index (χ0n) is 13.7.